The van der Waals surface area contributed by atoms with Gasteiger partial charge in [0.05, 0.1) is 18.3 Å². The number of hydrogen-bond donors (Lipinski definition) is 1. The van der Waals surface area contributed by atoms with Crippen LogP contribution in [-0.4, -0.2) is 17.7 Å². The maximum absolute atomic E-state index is 12.2. The normalized spacial score (nSPS) is 17.8. The molecule has 0 bridgehead atoms. The van der Waals surface area contributed by atoms with Crippen LogP contribution in [0.4, 0.5) is 0 Å². The first-order valence-corrected chi connectivity index (χ1v) is 6.70. The molecule has 1 aromatic carbocycles. The van der Waals surface area contributed by atoms with E-state index in [1.807, 2.05) is 24.3 Å². The summed E-state index contributed by atoms with van der Waals surface area (Å²) in [6.45, 7) is 2.46. The van der Waals surface area contributed by atoms with Crippen LogP contribution < -0.4 is 10.1 Å². The van der Waals surface area contributed by atoms with E-state index in [0.29, 0.717) is 12.3 Å². The van der Waals surface area contributed by atoms with Crippen LogP contribution in [0.3, 0.4) is 0 Å². The van der Waals surface area contributed by atoms with Gasteiger partial charge in [-0.25, -0.2) is 0 Å². The van der Waals surface area contributed by atoms with Crippen LogP contribution in [0.1, 0.15) is 40.7 Å². The standard InChI is InChI=1S/C15H16N2O3/c1-10-9-14(20-17-10)15(18)16-12-6-4-8-19-13-7-3-2-5-11(12)13/h2-3,5,7,9,12H,4,6,8H2,1H3,(H,16,18)/t12-/m1/s1. The smallest absolute Gasteiger partial charge is 0.290 e. The van der Waals surface area contributed by atoms with Crippen molar-refractivity contribution in [3.05, 3.63) is 47.3 Å². The summed E-state index contributed by atoms with van der Waals surface area (Å²) in [6.07, 6.45) is 1.74. The van der Waals surface area contributed by atoms with Crippen molar-refractivity contribution in [3.63, 3.8) is 0 Å². The van der Waals surface area contributed by atoms with Gasteiger partial charge < -0.3 is 14.6 Å². The first-order valence-electron chi connectivity index (χ1n) is 6.70. The van der Waals surface area contributed by atoms with Crippen molar-refractivity contribution in [2.24, 2.45) is 0 Å². The van der Waals surface area contributed by atoms with E-state index in [2.05, 4.69) is 10.5 Å². The summed E-state index contributed by atoms with van der Waals surface area (Å²) in [7, 11) is 0. The summed E-state index contributed by atoms with van der Waals surface area (Å²) in [5.41, 5.74) is 1.70. The molecule has 0 fully saturated rings. The van der Waals surface area contributed by atoms with Gasteiger partial charge in [0.2, 0.25) is 5.76 Å². The molecule has 0 saturated heterocycles. The number of para-hydroxylation sites is 1. The number of hydrogen-bond acceptors (Lipinski definition) is 4. The van der Waals surface area contributed by atoms with E-state index in [0.717, 1.165) is 24.2 Å². The van der Waals surface area contributed by atoms with Crippen molar-refractivity contribution in [2.45, 2.75) is 25.8 Å². The number of amides is 1. The summed E-state index contributed by atoms with van der Waals surface area (Å²) >= 11 is 0. The fourth-order valence-corrected chi connectivity index (χ4v) is 2.37. The fraction of sp³-hybridized carbons (Fsp3) is 0.333. The summed E-state index contributed by atoms with van der Waals surface area (Å²) in [4.78, 5) is 12.2. The van der Waals surface area contributed by atoms with Gasteiger partial charge in [-0.3, -0.25) is 4.79 Å². The molecule has 0 aliphatic carbocycles. The molecule has 1 aliphatic heterocycles. The van der Waals surface area contributed by atoms with Crippen molar-refractivity contribution in [1.29, 1.82) is 0 Å². The maximum atomic E-state index is 12.2. The number of aromatic nitrogens is 1. The van der Waals surface area contributed by atoms with Gasteiger partial charge in [-0.2, -0.15) is 0 Å². The highest BCUT2D eigenvalue weighted by molar-refractivity contribution is 5.91. The molecule has 104 valence electrons. The predicted molar refractivity (Wildman–Crippen MR) is 72.6 cm³/mol. The Morgan fingerprint density at radius 3 is 3.05 bits per heavy atom. The molecule has 2 heterocycles. The Kier molecular flexibility index (Phi) is 3.41. The van der Waals surface area contributed by atoms with Gasteiger partial charge in [0.25, 0.3) is 5.91 Å². The van der Waals surface area contributed by atoms with Crippen molar-refractivity contribution in [2.75, 3.05) is 6.61 Å². The summed E-state index contributed by atoms with van der Waals surface area (Å²) in [5.74, 6) is 0.835. The molecule has 5 nitrogen and oxygen atoms in total. The van der Waals surface area contributed by atoms with Gasteiger partial charge in [0.15, 0.2) is 0 Å². The van der Waals surface area contributed by atoms with E-state index in [-0.39, 0.29) is 17.7 Å². The molecular formula is C15H16N2O3. The Morgan fingerprint density at radius 2 is 2.25 bits per heavy atom. The molecule has 2 aromatic rings. The molecule has 1 N–H and O–H groups in total. The minimum atomic E-state index is -0.243. The Balaban J connectivity index is 1.82. The number of rotatable bonds is 2. The Hall–Kier alpha value is -2.30. The number of nitrogens with one attached hydrogen (secondary N) is 1. The summed E-state index contributed by atoms with van der Waals surface area (Å²) in [5, 5.41) is 6.73. The molecular weight excluding hydrogens is 256 g/mol. The Labute approximate surface area is 116 Å². The molecule has 0 unspecified atom stereocenters. The minimum absolute atomic E-state index is 0.0633. The average molecular weight is 272 g/mol. The largest absolute Gasteiger partial charge is 0.493 e. The van der Waals surface area contributed by atoms with Crippen molar-refractivity contribution < 1.29 is 14.1 Å². The zero-order valence-corrected chi connectivity index (χ0v) is 11.3. The third-order valence-electron chi connectivity index (χ3n) is 3.35. The lowest BCUT2D eigenvalue weighted by Crippen LogP contribution is -2.28. The number of carbonyl (C=O) groups is 1. The van der Waals surface area contributed by atoms with E-state index in [9.17, 15) is 4.79 Å². The van der Waals surface area contributed by atoms with Gasteiger partial charge in [0, 0.05) is 11.6 Å². The van der Waals surface area contributed by atoms with Gasteiger partial charge >= 0.3 is 0 Å². The van der Waals surface area contributed by atoms with E-state index in [1.54, 1.807) is 13.0 Å². The molecule has 0 spiro atoms. The van der Waals surface area contributed by atoms with Crippen molar-refractivity contribution >= 4 is 5.91 Å². The van der Waals surface area contributed by atoms with Gasteiger partial charge in [-0.1, -0.05) is 23.4 Å². The number of benzene rings is 1. The molecule has 5 heteroatoms. The van der Waals surface area contributed by atoms with Crippen LogP contribution in [-0.2, 0) is 0 Å². The number of ether oxygens (including phenoxy) is 1. The van der Waals surface area contributed by atoms with Crippen LogP contribution in [0.2, 0.25) is 0 Å². The number of fused-ring (bicyclic) bond motifs is 1. The second-order valence-electron chi connectivity index (χ2n) is 4.89. The van der Waals surface area contributed by atoms with E-state index in [1.165, 1.54) is 0 Å². The highest BCUT2D eigenvalue weighted by Crippen LogP contribution is 2.31. The second kappa shape index (κ2) is 5.36. The second-order valence-corrected chi connectivity index (χ2v) is 4.89. The maximum Gasteiger partial charge on any atom is 0.290 e. The minimum Gasteiger partial charge on any atom is -0.493 e. The third-order valence-corrected chi connectivity index (χ3v) is 3.35. The molecule has 1 amide bonds. The lowest BCUT2D eigenvalue weighted by molar-refractivity contribution is 0.0897. The summed E-state index contributed by atoms with van der Waals surface area (Å²) < 4.78 is 10.7. The first-order chi connectivity index (χ1) is 9.74. The summed E-state index contributed by atoms with van der Waals surface area (Å²) in [6, 6.07) is 9.37. The van der Waals surface area contributed by atoms with Crippen LogP contribution in [0.15, 0.2) is 34.9 Å². The van der Waals surface area contributed by atoms with Crippen molar-refractivity contribution in [1.82, 2.24) is 10.5 Å². The fourth-order valence-electron chi connectivity index (χ4n) is 2.37. The van der Waals surface area contributed by atoms with Crippen LogP contribution in [0, 0.1) is 6.92 Å². The number of carbonyl (C=O) groups excluding carboxylic acids is 1. The molecule has 3 rings (SSSR count). The number of aryl methyl sites for hydroxylation is 1. The molecule has 1 aromatic heterocycles. The Morgan fingerprint density at radius 1 is 1.40 bits per heavy atom. The average Bonchev–Trinajstić information content (AvgIpc) is 2.79. The van der Waals surface area contributed by atoms with Gasteiger partial charge in [0.1, 0.15) is 5.75 Å². The molecule has 0 saturated carbocycles. The zero-order valence-electron chi connectivity index (χ0n) is 11.3. The predicted octanol–water partition coefficient (Wildman–Crippen LogP) is 2.63. The van der Waals surface area contributed by atoms with Crippen LogP contribution >= 0.6 is 0 Å². The monoisotopic (exact) mass is 272 g/mol. The van der Waals surface area contributed by atoms with Gasteiger partial charge in [-0.05, 0) is 25.8 Å². The van der Waals surface area contributed by atoms with Gasteiger partial charge in [-0.15, -0.1) is 0 Å². The highest BCUT2D eigenvalue weighted by atomic mass is 16.5. The van der Waals surface area contributed by atoms with E-state index < -0.39 is 0 Å². The topological polar surface area (TPSA) is 64.4 Å². The Bertz CT molecular complexity index is 621. The SMILES string of the molecule is Cc1cc(C(=O)N[C@@H]2CCCOc3ccccc32)on1. The molecule has 20 heavy (non-hydrogen) atoms. The highest BCUT2D eigenvalue weighted by Gasteiger charge is 2.23. The van der Waals surface area contributed by atoms with E-state index >= 15 is 0 Å². The zero-order chi connectivity index (χ0) is 13.9. The lowest BCUT2D eigenvalue weighted by atomic mass is 10.0. The molecule has 1 aliphatic rings. The third kappa shape index (κ3) is 2.52. The molecule has 0 radical (unpaired) electrons. The number of nitrogens with zero attached hydrogens (tertiary/aromatic N) is 1. The van der Waals surface area contributed by atoms with Crippen LogP contribution in [0.25, 0.3) is 0 Å². The van der Waals surface area contributed by atoms with Crippen LogP contribution in [0.5, 0.6) is 5.75 Å². The first kappa shape index (κ1) is 12.7. The van der Waals surface area contributed by atoms with E-state index in [4.69, 9.17) is 9.26 Å². The molecule has 1 atom stereocenters. The van der Waals surface area contributed by atoms with Crippen molar-refractivity contribution in [3.8, 4) is 5.75 Å². The quantitative estimate of drug-likeness (QED) is 0.912. The lowest BCUT2D eigenvalue weighted by Gasteiger charge is -2.17.